The molecule has 1 saturated heterocycles. The van der Waals surface area contributed by atoms with Crippen LogP contribution in [0.5, 0.6) is 0 Å². The first-order chi connectivity index (χ1) is 9.35. The molecule has 0 radical (unpaired) electrons. The Balaban J connectivity index is 2.21. The highest BCUT2D eigenvalue weighted by Gasteiger charge is 2.25. The highest BCUT2D eigenvalue weighted by Crippen LogP contribution is 2.33. The summed E-state index contributed by atoms with van der Waals surface area (Å²) in [5.74, 6) is 0. The maximum Gasteiger partial charge on any atom is 0.117 e. The monoisotopic (exact) mass is 247 g/mol. The van der Waals surface area contributed by atoms with Crippen LogP contribution in [0.15, 0.2) is 36.4 Å². The lowest BCUT2D eigenvalue weighted by atomic mass is 10.0. The minimum absolute atomic E-state index is 0.0451. The fourth-order valence-electron chi connectivity index (χ4n) is 2.82. The van der Waals surface area contributed by atoms with Gasteiger partial charge in [0.2, 0.25) is 0 Å². The highest BCUT2D eigenvalue weighted by molar-refractivity contribution is 5.98. The van der Waals surface area contributed by atoms with Crippen LogP contribution >= 0.6 is 0 Å². The van der Waals surface area contributed by atoms with Gasteiger partial charge in [-0.2, -0.15) is 10.5 Å². The predicted octanol–water partition coefficient (Wildman–Crippen LogP) is 3.20. The first-order valence-corrected chi connectivity index (χ1v) is 6.43. The molecule has 0 aliphatic carbocycles. The lowest BCUT2D eigenvalue weighted by Crippen LogP contribution is -2.27. The summed E-state index contributed by atoms with van der Waals surface area (Å²) in [6.07, 6.45) is 1.97. The van der Waals surface area contributed by atoms with E-state index in [9.17, 15) is 10.5 Å². The minimum Gasteiger partial charge on any atom is -0.355 e. The molecule has 3 heteroatoms. The zero-order chi connectivity index (χ0) is 13.2. The van der Waals surface area contributed by atoms with E-state index in [1.807, 2.05) is 36.4 Å². The van der Waals surface area contributed by atoms with E-state index in [0.717, 1.165) is 35.8 Å². The Morgan fingerprint density at radius 3 is 2.58 bits per heavy atom. The van der Waals surface area contributed by atoms with Crippen molar-refractivity contribution in [1.82, 2.24) is 0 Å². The molecule has 1 aliphatic rings. The average molecular weight is 247 g/mol. The molecule has 2 aromatic rings. The fraction of sp³-hybridized carbons (Fsp3) is 0.250. The number of nitrogens with zero attached hydrogens (tertiary/aromatic N) is 3. The number of hydrogen-bond donors (Lipinski definition) is 0. The Morgan fingerprint density at radius 2 is 1.84 bits per heavy atom. The van der Waals surface area contributed by atoms with Gasteiger partial charge < -0.3 is 4.90 Å². The van der Waals surface area contributed by atoms with Crippen LogP contribution in [-0.2, 0) is 0 Å². The topological polar surface area (TPSA) is 50.8 Å². The normalized spacial score (nSPS) is 18.2. The summed E-state index contributed by atoms with van der Waals surface area (Å²) < 4.78 is 0. The lowest BCUT2D eigenvalue weighted by Gasteiger charge is -2.23. The standard InChI is InChI=1S/C16H13N3/c17-10-12-7-8-16(15-6-2-1-5-14(12)15)19-9-3-4-13(19)11-18/h1-2,5-8,13H,3-4,9H2/t13-/m1/s1. The van der Waals surface area contributed by atoms with Gasteiger partial charge in [-0.25, -0.2) is 0 Å². The second-order valence-electron chi connectivity index (χ2n) is 4.77. The molecule has 1 atom stereocenters. The van der Waals surface area contributed by atoms with E-state index < -0.39 is 0 Å². The van der Waals surface area contributed by atoms with Gasteiger partial charge in [-0.05, 0) is 25.0 Å². The van der Waals surface area contributed by atoms with Gasteiger partial charge in [-0.15, -0.1) is 0 Å². The van der Waals surface area contributed by atoms with Gasteiger partial charge in [-0.1, -0.05) is 24.3 Å². The zero-order valence-corrected chi connectivity index (χ0v) is 10.5. The highest BCUT2D eigenvalue weighted by atomic mass is 15.2. The second-order valence-corrected chi connectivity index (χ2v) is 4.77. The molecule has 3 nitrogen and oxygen atoms in total. The molecule has 1 aliphatic heterocycles. The van der Waals surface area contributed by atoms with Gasteiger partial charge >= 0.3 is 0 Å². The molecule has 0 spiro atoms. The molecule has 92 valence electrons. The molecule has 0 N–H and O–H groups in total. The Bertz CT molecular complexity index is 706. The molecule has 0 aromatic heterocycles. The van der Waals surface area contributed by atoms with Crippen molar-refractivity contribution in [3.8, 4) is 12.1 Å². The Morgan fingerprint density at radius 1 is 1.05 bits per heavy atom. The molecule has 2 aromatic carbocycles. The number of fused-ring (bicyclic) bond motifs is 1. The van der Waals surface area contributed by atoms with Gasteiger partial charge in [0.15, 0.2) is 0 Å². The Labute approximate surface area is 112 Å². The van der Waals surface area contributed by atoms with Crippen molar-refractivity contribution in [3.63, 3.8) is 0 Å². The van der Waals surface area contributed by atoms with Crippen molar-refractivity contribution >= 4 is 16.5 Å². The number of benzene rings is 2. The number of hydrogen-bond acceptors (Lipinski definition) is 3. The molecule has 0 unspecified atom stereocenters. The van der Waals surface area contributed by atoms with Gasteiger partial charge in [0, 0.05) is 23.0 Å². The van der Waals surface area contributed by atoms with E-state index in [4.69, 9.17) is 0 Å². The molecule has 19 heavy (non-hydrogen) atoms. The predicted molar refractivity (Wildman–Crippen MR) is 74.6 cm³/mol. The largest absolute Gasteiger partial charge is 0.355 e. The van der Waals surface area contributed by atoms with Gasteiger partial charge in [0.25, 0.3) is 0 Å². The third kappa shape index (κ3) is 1.80. The summed E-state index contributed by atoms with van der Waals surface area (Å²) in [7, 11) is 0. The quantitative estimate of drug-likeness (QED) is 0.777. The van der Waals surface area contributed by atoms with Crippen LogP contribution in [0.1, 0.15) is 18.4 Å². The second kappa shape index (κ2) is 4.63. The van der Waals surface area contributed by atoms with Crippen molar-refractivity contribution in [3.05, 3.63) is 42.0 Å². The number of rotatable bonds is 1. The zero-order valence-electron chi connectivity index (χ0n) is 10.5. The molecule has 0 amide bonds. The number of nitriles is 2. The van der Waals surface area contributed by atoms with Crippen molar-refractivity contribution in [2.75, 3.05) is 11.4 Å². The Hall–Kier alpha value is -2.52. The maximum absolute atomic E-state index is 9.23. The number of anilines is 1. The third-order valence-electron chi connectivity index (χ3n) is 3.73. The molecular weight excluding hydrogens is 234 g/mol. The third-order valence-corrected chi connectivity index (χ3v) is 3.73. The van der Waals surface area contributed by atoms with E-state index in [2.05, 4.69) is 17.0 Å². The maximum atomic E-state index is 9.23. The van der Waals surface area contributed by atoms with Gasteiger partial charge in [0.05, 0.1) is 17.7 Å². The summed E-state index contributed by atoms with van der Waals surface area (Å²) in [5.41, 5.74) is 1.76. The minimum atomic E-state index is -0.0451. The van der Waals surface area contributed by atoms with Crippen LogP contribution in [-0.4, -0.2) is 12.6 Å². The van der Waals surface area contributed by atoms with Crippen molar-refractivity contribution in [2.45, 2.75) is 18.9 Å². The van der Waals surface area contributed by atoms with E-state index in [1.165, 1.54) is 0 Å². The van der Waals surface area contributed by atoms with E-state index in [0.29, 0.717) is 5.56 Å². The van der Waals surface area contributed by atoms with Gasteiger partial charge in [-0.3, -0.25) is 0 Å². The molecule has 0 saturated carbocycles. The van der Waals surface area contributed by atoms with Crippen LogP contribution in [0.2, 0.25) is 0 Å². The van der Waals surface area contributed by atoms with E-state index in [1.54, 1.807) is 0 Å². The SMILES string of the molecule is N#Cc1ccc(N2CCC[C@@H]2C#N)c2ccccc12. The summed E-state index contributed by atoms with van der Waals surface area (Å²) in [5, 5.41) is 20.4. The van der Waals surface area contributed by atoms with Crippen LogP contribution < -0.4 is 4.90 Å². The molecule has 1 heterocycles. The molecule has 0 bridgehead atoms. The fourth-order valence-corrected chi connectivity index (χ4v) is 2.82. The van der Waals surface area contributed by atoms with E-state index in [-0.39, 0.29) is 6.04 Å². The summed E-state index contributed by atoms with van der Waals surface area (Å²) in [4.78, 5) is 2.16. The summed E-state index contributed by atoms with van der Waals surface area (Å²) in [6.45, 7) is 0.911. The van der Waals surface area contributed by atoms with Crippen molar-refractivity contribution < 1.29 is 0 Å². The van der Waals surface area contributed by atoms with Gasteiger partial charge in [0.1, 0.15) is 6.04 Å². The average Bonchev–Trinajstić information content (AvgIpc) is 2.94. The summed E-state index contributed by atoms with van der Waals surface area (Å²) >= 11 is 0. The van der Waals surface area contributed by atoms with Crippen LogP contribution in [0.25, 0.3) is 10.8 Å². The molecule has 1 fully saturated rings. The molecule has 3 rings (SSSR count). The molecular formula is C16H13N3. The Kier molecular flexibility index (Phi) is 2.82. The first-order valence-electron chi connectivity index (χ1n) is 6.43. The van der Waals surface area contributed by atoms with Crippen LogP contribution in [0.4, 0.5) is 5.69 Å². The summed E-state index contributed by atoms with van der Waals surface area (Å²) in [6, 6.07) is 16.3. The van der Waals surface area contributed by atoms with E-state index >= 15 is 0 Å². The lowest BCUT2D eigenvalue weighted by molar-refractivity contribution is 0.820. The van der Waals surface area contributed by atoms with Crippen LogP contribution in [0.3, 0.4) is 0 Å². The smallest absolute Gasteiger partial charge is 0.117 e. The van der Waals surface area contributed by atoms with Crippen LogP contribution in [0, 0.1) is 22.7 Å². The van der Waals surface area contributed by atoms with Crippen molar-refractivity contribution in [1.29, 1.82) is 10.5 Å². The van der Waals surface area contributed by atoms with Crippen molar-refractivity contribution in [2.24, 2.45) is 0 Å². The first kappa shape index (κ1) is 11.6.